The van der Waals surface area contributed by atoms with Crippen LogP contribution in [0.3, 0.4) is 0 Å². The molecule has 1 aliphatic rings. The summed E-state index contributed by atoms with van der Waals surface area (Å²) in [5, 5.41) is 22.2. The third-order valence-corrected chi connectivity index (χ3v) is 3.11. The number of benzene rings is 1. The van der Waals surface area contributed by atoms with Crippen LogP contribution in [0.2, 0.25) is 0 Å². The SMILES string of the molecule is C[C@H](c1cc(O)cc(O)c1)N1CCNCC1. The first-order valence-corrected chi connectivity index (χ1v) is 5.64. The fraction of sp³-hybridized carbons (Fsp3) is 0.500. The summed E-state index contributed by atoms with van der Waals surface area (Å²) in [6.45, 7) is 6.08. The molecule has 1 aromatic carbocycles. The molecule has 4 nitrogen and oxygen atoms in total. The quantitative estimate of drug-likeness (QED) is 0.700. The molecule has 1 saturated heterocycles. The van der Waals surface area contributed by atoms with Gasteiger partial charge >= 0.3 is 0 Å². The Kier molecular flexibility index (Phi) is 3.31. The topological polar surface area (TPSA) is 55.7 Å². The van der Waals surface area contributed by atoms with E-state index in [1.807, 2.05) is 0 Å². The Hall–Kier alpha value is -1.26. The fourth-order valence-corrected chi connectivity index (χ4v) is 2.14. The number of hydrogen-bond acceptors (Lipinski definition) is 4. The van der Waals surface area contributed by atoms with Crippen LogP contribution in [0.15, 0.2) is 18.2 Å². The van der Waals surface area contributed by atoms with Crippen LogP contribution in [0.4, 0.5) is 0 Å². The molecular formula is C12H18N2O2. The van der Waals surface area contributed by atoms with Crippen molar-refractivity contribution in [3.05, 3.63) is 23.8 Å². The van der Waals surface area contributed by atoms with Gasteiger partial charge in [0.05, 0.1) is 0 Å². The van der Waals surface area contributed by atoms with Crippen molar-refractivity contribution in [1.82, 2.24) is 10.2 Å². The first kappa shape index (κ1) is 11.2. The summed E-state index contributed by atoms with van der Waals surface area (Å²) in [4.78, 5) is 2.34. The van der Waals surface area contributed by atoms with Gasteiger partial charge in [0, 0.05) is 38.3 Å². The molecule has 1 atom stereocenters. The van der Waals surface area contributed by atoms with Gasteiger partial charge in [-0.15, -0.1) is 0 Å². The molecule has 0 spiro atoms. The Balaban J connectivity index is 2.15. The maximum atomic E-state index is 9.45. The van der Waals surface area contributed by atoms with Gasteiger partial charge in [0.2, 0.25) is 0 Å². The van der Waals surface area contributed by atoms with E-state index in [1.54, 1.807) is 12.1 Å². The van der Waals surface area contributed by atoms with Crippen molar-refractivity contribution < 1.29 is 10.2 Å². The van der Waals surface area contributed by atoms with Crippen LogP contribution in [0.25, 0.3) is 0 Å². The van der Waals surface area contributed by atoms with E-state index in [0.29, 0.717) is 0 Å². The third kappa shape index (κ3) is 2.46. The monoisotopic (exact) mass is 222 g/mol. The van der Waals surface area contributed by atoms with Crippen LogP contribution in [-0.2, 0) is 0 Å². The van der Waals surface area contributed by atoms with Crippen LogP contribution < -0.4 is 5.32 Å². The lowest BCUT2D eigenvalue weighted by molar-refractivity contribution is 0.185. The van der Waals surface area contributed by atoms with Gasteiger partial charge in [-0.3, -0.25) is 4.90 Å². The number of piperazine rings is 1. The minimum absolute atomic E-state index is 0.122. The van der Waals surface area contributed by atoms with Crippen molar-refractivity contribution in [2.45, 2.75) is 13.0 Å². The Morgan fingerprint density at radius 2 is 1.69 bits per heavy atom. The Morgan fingerprint density at radius 1 is 1.12 bits per heavy atom. The highest BCUT2D eigenvalue weighted by Gasteiger charge is 2.18. The summed E-state index contributed by atoms with van der Waals surface area (Å²) in [5.41, 5.74) is 0.958. The van der Waals surface area contributed by atoms with Gasteiger partial charge in [0.1, 0.15) is 11.5 Å². The minimum atomic E-state index is 0.122. The van der Waals surface area contributed by atoms with Crippen molar-refractivity contribution >= 4 is 0 Å². The molecule has 4 heteroatoms. The minimum Gasteiger partial charge on any atom is -0.508 e. The normalized spacial score (nSPS) is 19.6. The molecule has 0 amide bonds. The van der Waals surface area contributed by atoms with E-state index >= 15 is 0 Å². The van der Waals surface area contributed by atoms with E-state index in [1.165, 1.54) is 6.07 Å². The molecular weight excluding hydrogens is 204 g/mol. The summed E-state index contributed by atoms with van der Waals surface area (Å²) in [5.74, 6) is 0.244. The van der Waals surface area contributed by atoms with Crippen LogP contribution in [-0.4, -0.2) is 41.3 Å². The molecule has 0 saturated carbocycles. The van der Waals surface area contributed by atoms with Crippen LogP contribution in [0, 0.1) is 0 Å². The molecule has 16 heavy (non-hydrogen) atoms. The molecule has 0 aliphatic carbocycles. The number of phenols is 2. The summed E-state index contributed by atoms with van der Waals surface area (Å²) in [6, 6.07) is 5.01. The average Bonchev–Trinajstić information content (AvgIpc) is 2.28. The number of hydrogen-bond donors (Lipinski definition) is 3. The standard InChI is InChI=1S/C12H18N2O2/c1-9(14-4-2-13-3-5-14)10-6-11(15)8-12(16)7-10/h6-9,13,15-16H,2-5H2,1H3/t9-/m1/s1. The zero-order valence-electron chi connectivity index (χ0n) is 9.48. The first-order chi connectivity index (χ1) is 7.66. The molecule has 1 heterocycles. The molecule has 0 aromatic heterocycles. The van der Waals surface area contributed by atoms with Gasteiger partial charge in [-0.2, -0.15) is 0 Å². The first-order valence-electron chi connectivity index (χ1n) is 5.64. The zero-order chi connectivity index (χ0) is 11.5. The maximum Gasteiger partial charge on any atom is 0.119 e. The Bertz CT molecular complexity index is 342. The summed E-state index contributed by atoms with van der Waals surface area (Å²) < 4.78 is 0. The lowest BCUT2D eigenvalue weighted by atomic mass is 10.1. The number of rotatable bonds is 2. The van der Waals surface area contributed by atoms with E-state index in [9.17, 15) is 10.2 Å². The van der Waals surface area contributed by atoms with Gasteiger partial charge in [-0.25, -0.2) is 0 Å². The molecule has 0 radical (unpaired) electrons. The van der Waals surface area contributed by atoms with Gasteiger partial charge in [-0.05, 0) is 24.6 Å². The Labute approximate surface area is 95.5 Å². The zero-order valence-corrected chi connectivity index (χ0v) is 9.48. The second kappa shape index (κ2) is 4.72. The molecule has 1 aliphatic heterocycles. The molecule has 1 fully saturated rings. The summed E-state index contributed by atoms with van der Waals surface area (Å²) >= 11 is 0. The van der Waals surface area contributed by atoms with Gasteiger partial charge < -0.3 is 15.5 Å². The largest absolute Gasteiger partial charge is 0.508 e. The second-order valence-electron chi connectivity index (χ2n) is 4.24. The van der Waals surface area contributed by atoms with Crippen molar-refractivity contribution in [3.8, 4) is 11.5 Å². The molecule has 3 N–H and O–H groups in total. The van der Waals surface area contributed by atoms with Crippen molar-refractivity contribution in [2.24, 2.45) is 0 Å². The van der Waals surface area contributed by atoms with Gasteiger partial charge in [0.15, 0.2) is 0 Å². The molecule has 0 bridgehead atoms. The highest BCUT2D eigenvalue weighted by molar-refractivity contribution is 5.38. The highest BCUT2D eigenvalue weighted by atomic mass is 16.3. The van der Waals surface area contributed by atoms with Crippen LogP contribution in [0.1, 0.15) is 18.5 Å². The lowest BCUT2D eigenvalue weighted by Gasteiger charge is -2.33. The predicted octanol–water partition coefficient (Wildman–Crippen LogP) is 1.06. The van der Waals surface area contributed by atoms with Crippen molar-refractivity contribution in [3.63, 3.8) is 0 Å². The smallest absolute Gasteiger partial charge is 0.119 e. The number of aromatic hydroxyl groups is 2. The van der Waals surface area contributed by atoms with Crippen molar-refractivity contribution in [2.75, 3.05) is 26.2 Å². The van der Waals surface area contributed by atoms with E-state index < -0.39 is 0 Å². The van der Waals surface area contributed by atoms with E-state index in [2.05, 4.69) is 17.1 Å². The number of phenolic OH excluding ortho intramolecular Hbond substituents is 2. The van der Waals surface area contributed by atoms with Crippen LogP contribution in [0.5, 0.6) is 11.5 Å². The van der Waals surface area contributed by atoms with Crippen molar-refractivity contribution in [1.29, 1.82) is 0 Å². The summed E-state index contributed by atoms with van der Waals surface area (Å²) in [6.07, 6.45) is 0. The van der Waals surface area contributed by atoms with E-state index in [-0.39, 0.29) is 17.5 Å². The van der Waals surface area contributed by atoms with Gasteiger partial charge in [0.25, 0.3) is 0 Å². The Morgan fingerprint density at radius 3 is 2.25 bits per heavy atom. The van der Waals surface area contributed by atoms with E-state index in [4.69, 9.17) is 0 Å². The average molecular weight is 222 g/mol. The predicted molar refractivity (Wildman–Crippen MR) is 62.6 cm³/mol. The van der Waals surface area contributed by atoms with Gasteiger partial charge in [-0.1, -0.05) is 0 Å². The molecule has 2 rings (SSSR count). The van der Waals surface area contributed by atoms with E-state index in [0.717, 1.165) is 31.7 Å². The highest BCUT2D eigenvalue weighted by Crippen LogP contribution is 2.28. The molecule has 0 unspecified atom stereocenters. The number of nitrogens with one attached hydrogen (secondary N) is 1. The van der Waals surface area contributed by atoms with Crippen LogP contribution >= 0.6 is 0 Å². The fourth-order valence-electron chi connectivity index (χ4n) is 2.14. The lowest BCUT2D eigenvalue weighted by Crippen LogP contribution is -2.44. The molecule has 1 aromatic rings. The summed E-state index contributed by atoms with van der Waals surface area (Å²) in [7, 11) is 0. The second-order valence-corrected chi connectivity index (χ2v) is 4.24. The third-order valence-electron chi connectivity index (χ3n) is 3.11. The maximum absolute atomic E-state index is 9.45. The molecule has 88 valence electrons. The number of nitrogens with zero attached hydrogens (tertiary/aromatic N) is 1.